The van der Waals surface area contributed by atoms with Crippen LogP contribution in [0.25, 0.3) is 11.0 Å². The third-order valence-corrected chi connectivity index (χ3v) is 4.43. The highest BCUT2D eigenvalue weighted by Gasteiger charge is 2.08. The van der Waals surface area contributed by atoms with Crippen molar-refractivity contribution in [2.24, 2.45) is 0 Å². The fourth-order valence-corrected chi connectivity index (χ4v) is 2.87. The van der Waals surface area contributed by atoms with Crippen LogP contribution in [0.2, 0.25) is 0 Å². The van der Waals surface area contributed by atoms with Crippen LogP contribution < -0.4 is 9.47 Å². The number of fused-ring (bicyclic) bond motifs is 1. The molecule has 0 spiro atoms. The maximum atomic E-state index is 5.94. The monoisotopic (exact) mass is 336 g/mol. The summed E-state index contributed by atoms with van der Waals surface area (Å²) in [6.07, 6.45) is 4.57. The number of benzene rings is 2. The maximum absolute atomic E-state index is 5.94. The van der Waals surface area contributed by atoms with Gasteiger partial charge in [0.05, 0.1) is 31.0 Å². The quantitative estimate of drug-likeness (QED) is 0.597. The van der Waals surface area contributed by atoms with Crippen molar-refractivity contribution in [3.05, 3.63) is 66.0 Å². The molecular weight excluding hydrogens is 312 g/mol. The normalized spacial score (nSPS) is 10.8. The Balaban J connectivity index is 1.71. The zero-order valence-electron chi connectivity index (χ0n) is 15.1. The van der Waals surface area contributed by atoms with Crippen LogP contribution in [0.3, 0.4) is 0 Å². The largest absolute Gasteiger partial charge is 0.493 e. The Morgan fingerprint density at radius 3 is 2.68 bits per heavy atom. The number of aryl methyl sites for hydroxylation is 2. The zero-order valence-corrected chi connectivity index (χ0v) is 15.1. The average molecular weight is 336 g/mol. The summed E-state index contributed by atoms with van der Waals surface area (Å²) in [5, 5.41) is 0. The van der Waals surface area contributed by atoms with E-state index in [1.54, 1.807) is 7.11 Å². The Labute approximate surface area is 148 Å². The molecule has 0 bridgehead atoms. The first-order valence-corrected chi connectivity index (χ1v) is 8.45. The van der Waals surface area contributed by atoms with Crippen molar-refractivity contribution in [2.75, 3.05) is 13.7 Å². The van der Waals surface area contributed by atoms with Crippen molar-refractivity contribution in [1.82, 2.24) is 9.55 Å². The van der Waals surface area contributed by atoms with Crippen LogP contribution in [-0.4, -0.2) is 23.3 Å². The number of hydrogen-bond donors (Lipinski definition) is 0. The van der Waals surface area contributed by atoms with Gasteiger partial charge in [0.1, 0.15) is 6.61 Å². The molecular formula is C21H24N2O2. The molecule has 130 valence electrons. The van der Waals surface area contributed by atoms with Gasteiger partial charge < -0.3 is 14.0 Å². The highest BCUT2D eigenvalue weighted by Crippen LogP contribution is 2.28. The van der Waals surface area contributed by atoms with E-state index in [-0.39, 0.29) is 0 Å². The van der Waals surface area contributed by atoms with E-state index >= 15 is 0 Å². The smallest absolute Gasteiger partial charge is 0.161 e. The summed E-state index contributed by atoms with van der Waals surface area (Å²) in [4.78, 5) is 4.49. The van der Waals surface area contributed by atoms with E-state index in [0.29, 0.717) is 6.61 Å². The van der Waals surface area contributed by atoms with Crippen LogP contribution in [-0.2, 0) is 13.0 Å². The Kier molecular flexibility index (Phi) is 5.08. The van der Waals surface area contributed by atoms with Gasteiger partial charge in [0.15, 0.2) is 11.5 Å². The van der Waals surface area contributed by atoms with Gasteiger partial charge >= 0.3 is 0 Å². The van der Waals surface area contributed by atoms with Crippen LogP contribution in [0.5, 0.6) is 11.5 Å². The predicted molar refractivity (Wildman–Crippen MR) is 102 cm³/mol. The van der Waals surface area contributed by atoms with Gasteiger partial charge in [-0.2, -0.15) is 0 Å². The molecule has 0 saturated heterocycles. The summed E-state index contributed by atoms with van der Waals surface area (Å²) in [7, 11) is 1.66. The maximum Gasteiger partial charge on any atom is 0.161 e. The van der Waals surface area contributed by atoms with Crippen molar-refractivity contribution in [3.63, 3.8) is 0 Å². The van der Waals surface area contributed by atoms with Crippen LogP contribution in [0, 0.1) is 13.8 Å². The van der Waals surface area contributed by atoms with Crippen LogP contribution in [0.15, 0.2) is 49.3 Å². The van der Waals surface area contributed by atoms with E-state index < -0.39 is 0 Å². The summed E-state index contributed by atoms with van der Waals surface area (Å²) < 4.78 is 13.5. The molecule has 4 nitrogen and oxygen atoms in total. The van der Waals surface area contributed by atoms with Gasteiger partial charge in [-0.3, -0.25) is 0 Å². The molecule has 0 N–H and O–H groups in total. The van der Waals surface area contributed by atoms with Crippen molar-refractivity contribution < 1.29 is 9.47 Å². The summed E-state index contributed by atoms with van der Waals surface area (Å²) >= 11 is 0. The lowest BCUT2D eigenvalue weighted by Gasteiger charge is -2.12. The molecule has 3 rings (SSSR count). The van der Waals surface area contributed by atoms with E-state index in [1.807, 2.05) is 30.6 Å². The molecule has 1 aromatic heterocycles. The first kappa shape index (κ1) is 17.1. The fourth-order valence-electron chi connectivity index (χ4n) is 2.87. The summed E-state index contributed by atoms with van der Waals surface area (Å²) in [6.45, 7) is 9.29. The van der Waals surface area contributed by atoms with Crippen molar-refractivity contribution >= 4 is 11.0 Å². The molecule has 2 aromatic carbocycles. The molecule has 4 heteroatoms. The second kappa shape index (κ2) is 7.43. The van der Waals surface area contributed by atoms with Crippen molar-refractivity contribution in [2.45, 2.75) is 26.8 Å². The van der Waals surface area contributed by atoms with E-state index in [9.17, 15) is 0 Å². The summed E-state index contributed by atoms with van der Waals surface area (Å²) in [5.74, 6) is 1.51. The number of imidazole rings is 1. The standard InChI is InChI=1S/C21H24N2O2/c1-5-6-17-7-8-20(21(13-17)24-4)25-10-9-23-14-22-18-11-15(2)16(3)12-19(18)23/h5,7-8,11-14H,1,6,9-10H2,2-4H3. The lowest BCUT2D eigenvalue weighted by atomic mass is 10.1. The fraction of sp³-hybridized carbons (Fsp3) is 0.286. The van der Waals surface area contributed by atoms with E-state index in [0.717, 1.165) is 41.1 Å². The molecule has 1 heterocycles. The number of aromatic nitrogens is 2. The molecule has 0 radical (unpaired) electrons. The van der Waals surface area contributed by atoms with E-state index in [4.69, 9.17) is 9.47 Å². The number of methoxy groups -OCH3 is 1. The topological polar surface area (TPSA) is 36.3 Å². The van der Waals surface area contributed by atoms with Gasteiger partial charge in [0.2, 0.25) is 0 Å². The van der Waals surface area contributed by atoms with E-state index in [2.05, 4.69) is 42.1 Å². The minimum Gasteiger partial charge on any atom is -0.493 e. The zero-order chi connectivity index (χ0) is 17.8. The first-order chi connectivity index (χ1) is 12.1. The minimum atomic E-state index is 0.551. The van der Waals surface area contributed by atoms with Crippen LogP contribution in [0.1, 0.15) is 16.7 Å². The van der Waals surface area contributed by atoms with Gasteiger partial charge in [0.25, 0.3) is 0 Å². The molecule has 0 aliphatic carbocycles. The molecule has 0 fully saturated rings. The molecule has 0 atom stereocenters. The second-order valence-electron chi connectivity index (χ2n) is 6.19. The number of nitrogens with zero attached hydrogens (tertiary/aromatic N) is 2. The minimum absolute atomic E-state index is 0.551. The first-order valence-electron chi connectivity index (χ1n) is 8.45. The third kappa shape index (κ3) is 3.68. The molecule has 0 unspecified atom stereocenters. The van der Waals surface area contributed by atoms with E-state index in [1.165, 1.54) is 11.1 Å². The number of rotatable bonds is 7. The predicted octanol–water partition coefficient (Wildman–Crippen LogP) is 4.47. The lowest BCUT2D eigenvalue weighted by Crippen LogP contribution is -2.08. The molecule has 25 heavy (non-hydrogen) atoms. The van der Waals surface area contributed by atoms with Gasteiger partial charge in [-0.1, -0.05) is 12.1 Å². The van der Waals surface area contributed by atoms with Gasteiger partial charge in [-0.25, -0.2) is 4.98 Å². The molecule has 0 amide bonds. The summed E-state index contributed by atoms with van der Waals surface area (Å²) in [5.41, 5.74) is 5.85. The Morgan fingerprint density at radius 1 is 1.12 bits per heavy atom. The van der Waals surface area contributed by atoms with Crippen molar-refractivity contribution in [3.8, 4) is 11.5 Å². The molecule has 3 aromatic rings. The van der Waals surface area contributed by atoms with Crippen LogP contribution >= 0.6 is 0 Å². The van der Waals surface area contributed by atoms with Gasteiger partial charge in [-0.05, 0) is 61.2 Å². The Morgan fingerprint density at radius 2 is 1.92 bits per heavy atom. The molecule has 0 aliphatic heterocycles. The Bertz CT molecular complexity index is 896. The van der Waals surface area contributed by atoms with Gasteiger partial charge in [0, 0.05) is 0 Å². The number of allylic oxidation sites excluding steroid dienone is 1. The SMILES string of the molecule is C=CCc1ccc(OCCn2cnc3cc(C)c(C)cc32)c(OC)c1. The number of ether oxygens (including phenoxy) is 2. The average Bonchev–Trinajstić information content (AvgIpc) is 2.98. The highest BCUT2D eigenvalue weighted by molar-refractivity contribution is 5.77. The highest BCUT2D eigenvalue weighted by atomic mass is 16.5. The Hall–Kier alpha value is -2.75. The number of hydrogen-bond acceptors (Lipinski definition) is 3. The van der Waals surface area contributed by atoms with Crippen LogP contribution in [0.4, 0.5) is 0 Å². The van der Waals surface area contributed by atoms with Crippen molar-refractivity contribution in [1.29, 1.82) is 0 Å². The van der Waals surface area contributed by atoms with Gasteiger partial charge in [-0.15, -0.1) is 6.58 Å². The second-order valence-corrected chi connectivity index (χ2v) is 6.19. The molecule has 0 saturated carbocycles. The summed E-state index contributed by atoms with van der Waals surface area (Å²) in [6, 6.07) is 10.3. The lowest BCUT2D eigenvalue weighted by molar-refractivity contribution is 0.281. The molecule has 0 aliphatic rings. The third-order valence-electron chi connectivity index (χ3n) is 4.43.